The van der Waals surface area contributed by atoms with Crippen LogP contribution in [0.2, 0.25) is 0 Å². The number of anilines is 1. The second-order valence-corrected chi connectivity index (χ2v) is 6.90. The number of hydrogen-bond acceptors (Lipinski definition) is 6. The van der Waals surface area contributed by atoms with Crippen molar-refractivity contribution in [3.63, 3.8) is 0 Å². The molecule has 0 fully saturated rings. The first-order chi connectivity index (χ1) is 16.5. The minimum absolute atomic E-state index is 0.370. The number of hydrogen-bond donors (Lipinski definition) is 1. The minimum atomic E-state index is -0.417. The number of nitrogens with zero attached hydrogens (tertiary/aromatic N) is 3. The van der Waals surface area contributed by atoms with E-state index in [2.05, 4.69) is 22.2 Å². The first-order valence-corrected chi connectivity index (χ1v) is 10.3. The molecule has 172 valence electrons. The Hall–Kier alpha value is -4.72. The molecule has 3 aromatic carbocycles. The molecule has 3 aromatic rings. The molecule has 3 rings (SSSR count). The Labute approximate surface area is 197 Å². The third-order valence-corrected chi connectivity index (χ3v) is 4.65. The number of nitrogens with one attached hydrogen (secondary N) is 1. The smallest absolute Gasteiger partial charge is 0.271 e. The van der Waals surface area contributed by atoms with Gasteiger partial charge in [0.05, 0.1) is 32.3 Å². The lowest BCUT2D eigenvalue weighted by Crippen LogP contribution is -2.23. The van der Waals surface area contributed by atoms with E-state index in [1.54, 1.807) is 50.6 Å². The lowest BCUT2D eigenvalue weighted by atomic mass is 10.2. The number of methoxy groups -OCH3 is 2. The van der Waals surface area contributed by atoms with Crippen LogP contribution in [0.15, 0.2) is 95.7 Å². The molecule has 0 saturated carbocycles. The van der Waals surface area contributed by atoms with Crippen molar-refractivity contribution in [2.75, 3.05) is 19.2 Å². The van der Waals surface area contributed by atoms with Crippen LogP contribution in [-0.2, 0) is 4.79 Å². The molecular weight excluding hydrogens is 432 g/mol. The fourth-order valence-electron chi connectivity index (χ4n) is 2.89. The van der Waals surface area contributed by atoms with Gasteiger partial charge in [0.1, 0.15) is 11.5 Å². The molecule has 0 aliphatic carbocycles. The van der Waals surface area contributed by atoms with Gasteiger partial charge in [-0.2, -0.15) is 15.2 Å². The van der Waals surface area contributed by atoms with Gasteiger partial charge in [-0.15, -0.1) is 0 Å². The van der Waals surface area contributed by atoms with E-state index in [-0.39, 0.29) is 0 Å². The number of benzene rings is 3. The number of carbonyl (C=O) groups excluding carboxylic acids is 2. The first kappa shape index (κ1) is 23.9. The molecule has 0 atom stereocenters. The normalized spacial score (nSPS) is 10.8. The lowest BCUT2D eigenvalue weighted by molar-refractivity contribution is -0.114. The Balaban J connectivity index is 1.70. The highest BCUT2D eigenvalue weighted by molar-refractivity contribution is 6.02. The summed E-state index contributed by atoms with van der Waals surface area (Å²) < 4.78 is 10.4. The zero-order chi connectivity index (χ0) is 24.3. The highest BCUT2D eigenvalue weighted by atomic mass is 16.5. The largest absolute Gasteiger partial charge is 0.497 e. The van der Waals surface area contributed by atoms with E-state index in [0.717, 1.165) is 17.2 Å². The molecule has 0 aliphatic heterocycles. The van der Waals surface area contributed by atoms with E-state index >= 15 is 0 Å². The molecule has 8 heteroatoms. The van der Waals surface area contributed by atoms with Crippen LogP contribution in [0.1, 0.15) is 21.5 Å². The van der Waals surface area contributed by atoms with Gasteiger partial charge in [0, 0.05) is 5.56 Å². The molecular formula is C26H24N4O4. The van der Waals surface area contributed by atoms with Crippen molar-refractivity contribution in [1.29, 1.82) is 0 Å². The molecule has 8 nitrogen and oxygen atoms in total. The van der Waals surface area contributed by atoms with E-state index in [1.165, 1.54) is 17.4 Å². The zero-order valence-corrected chi connectivity index (χ0v) is 18.8. The highest BCUT2D eigenvalue weighted by Gasteiger charge is 2.13. The average Bonchev–Trinajstić information content (AvgIpc) is 2.89. The average molecular weight is 457 g/mol. The number of carbonyl (C=O) groups is 2. The van der Waals surface area contributed by atoms with Crippen LogP contribution in [0.25, 0.3) is 0 Å². The Kier molecular flexibility index (Phi) is 8.29. The van der Waals surface area contributed by atoms with E-state index in [9.17, 15) is 9.59 Å². The fraction of sp³-hybridized carbons (Fsp3) is 0.0769. The number of amides is 2. The van der Waals surface area contributed by atoms with Gasteiger partial charge in [-0.3, -0.25) is 9.59 Å². The molecule has 1 N–H and O–H groups in total. The Morgan fingerprint density at radius 1 is 0.882 bits per heavy atom. The third-order valence-electron chi connectivity index (χ3n) is 4.65. The van der Waals surface area contributed by atoms with Crippen LogP contribution in [0.5, 0.6) is 11.5 Å². The van der Waals surface area contributed by atoms with Gasteiger partial charge in [0.2, 0.25) is 0 Å². The van der Waals surface area contributed by atoms with Crippen molar-refractivity contribution in [3.8, 4) is 11.5 Å². The van der Waals surface area contributed by atoms with Crippen LogP contribution >= 0.6 is 0 Å². The standard InChI is InChI=1S/C26H24N4O4/c1-4-25(31)30(28-18-20-8-6-10-24(16-20)34-3)22-13-11-21(12-14-22)26(32)29-27-17-19-7-5-9-23(15-19)33-2/h4-18H,1H2,2-3H3,(H,29,32). The van der Waals surface area contributed by atoms with Crippen molar-refractivity contribution in [1.82, 2.24) is 5.43 Å². The summed E-state index contributed by atoms with van der Waals surface area (Å²) in [6.45, 7) is 3.53. The number of rotatable bonds is 9. The van der Waals surface area contributed by atoms with E-state index in [1.807, 2.05) is 36.4 Å². The summed E-state index contributed by atoms with van der Waals surface area (Å²) >= 11 is 0. The van der Waals surface area contributed by atoms with Gasteiger partial charge >= 0.3 is 0 Å². The van der Waals surface area contributed by atoms with E-state index < -0.39 is 11.8 Å². The van der Waals surface area contributed by atoms with E-state index in [0.29, 0.717) is 22.7 Å². The maximum atomic E-state index is 12.4. The van der Waals surface area contributed by atoms with Crippen molar-refractivity contribution >= 4 is 29.9 Å². The summed E-state index contributed by atoms with van der Waals surface area (Å²) in [5.41, 5.74) is 4.85. The molecule has 0 heterocycles. The van der Waals surface area contributed by atoms with Gasteiger partial charge in [0.25, 0.3) is 11.8 Å². The topological polar surface area (TPSA) is 92.6 Å². The molecule has 0 spiro atoms. The highest BCUT2D eigenvalue weighted by Crippen LogP contribution is 2.18. The van der Waals surface area contributed by atoms with Gasteiger partial charge in [-0.1, -0.05) is 30.8 Å². The zero-order valence-electron chi connectivity index (χ0n) is 18.8. The third kappa shape index (κ3) is 6.39. The summed E-state index contributed by atoms with van der Waals surface area (Å²) in [4.78, 5) is 24.8. The maximum absolute atomic E-state index is 12.4. The summed E-state index contributed by atoms with van der Waals surface area (Å²) in [5, 5.41) is 9.45. The predicted molar refractivity (Wildman–Crippen MR) is 133 cm³/mol. The fourth-order valence-corrected chi connectivity index (χ4v) is 2.89. The quantitative estimate of drug-likeness (QED) is 0.299. The molecule has 0 unspecified atom stereocenters. The van der Waals surface area contributed by atoms with Crippen LogP contribution in [0.4, 0.5) is 5.69 Å². The first-order valence-electron chi connectivity index (χ1n) is 10.3. The molecule has 34 heavy (non-hydrogen) atoms. The van der Waals surface area contributed by atoms with Crippen LogP contribution in [0.3, 0.4) is 0 Å². The molecule has 0 bridgehead atoms. The molecule has 0 aromatic heterocycles. The van der Waals surface area contributed by atoms with Crippen molar-refractivity contribution < 1.29 is 19.1 Å². The van der Waals surface area contributed by atoms with Crippen LogP contribution in [-0.4, -0.2) is 38.5 Å². The Bertz CT molecular complexity index is 1220. The second-order valence-electron chi connectivity index (χ2n) is 6.90. The monoisotopic (exact) mass is 456 g/mol. The molecule has 0 saturated heterocycles. The lowest BCUT2D eigenvalue weighted by Gasteiger charge is -2.15. The maximum Gasteiger partial charge on any atom is 0.271 e. The SMILES string of the molecule is C=CC(=O)N(N=Cc1cccc(OC)c1)c1ccc(C(=O)NN=Cc2cccc(OC)c2)cc1. The minimum Gasteiger partial charge on any atom is -0.497 e. The van der Waals surface area contributed by atoms with Gasteiger partial charge < -0.3 is 9.47 Å². The Morgan fingerprint density at radius 2 is 1.47 bits per heavy atom. The molecule has 2 amide bonds. The predicted octanol–water partition coefficient (Wildman–Crippen LogP) is 4.02. The van der Waals surface area contributed by atoms with Crippen molar-refractivity contribution in [2.24, 2.45) is 10.2 Å². The number of ether oxygens (including phenoxy) is 2. The number of hydrazone groups is 2. The second kappa shape index (κ2) is 11.8. The molecule has 0 aliphatic rings. The summed E-state index contributed by atoms with van der Waals surface area (Å²) in [5.74, 6) is 0.555. The molecule has 0 radical (unpaired) electrons. The van der Waals surface area contributed by atoms with Crippen LogP contribution < -0.4 is 19.9 Å². The van der Waals surface area contributed by atoms with Crippen LogP contribution in [0, 0.1) is 0 Å². The summed E-state index contributed by atoms with van der Waals surface area (Å²) in [6, 6.07) is 20.9. The van der Waals surface area contributed by atoms with Gasteiger partial charge in [-0.25, -0.2) is 5.43 Å². The Morgan fingerprint density at radius 3 is 2.03 bits per heavy atom. The summed E-state index contributed by atoms with van der Waals surface area (Å²) in [7, 11) is 3.15. The van der Waals surface area contributed by atoms with Crippen molar-refractivity contribution in [2.45, 2.75) is 0 Å². The van der Waals surface area contributed by atoms with Gasteiger partial charge in [0.15, 0.2) is 0 Å². The van der Waals surface area contributed by atoms with Crippen molar-refractivity contribution in [3.05, 3.63) is 102 Å². The summed E-state index contributed by atoms with van der Waals surface area (Å²) in [6.07, 6.45) is 4.22. The van der Waals surface area contributed by atoms with Gasteiger partial charge in [-0.05, 0) is 65.7 Å². The van der Waals surface area contributed by atoms with E-state index in [4.69, 9.17) is 9.47 Å².